The summed E-state index contributed by atoms with van der Waals surface area (Å²) in [5.41, 5.74) is -0.895. The first-order chi connectivity index (χ1) is 16.5. The molecular formula is C23H36O12. The molecule has 1 saturated carbocycles. The zero-order valence-corrected chi connectivity index (χ0v) is 20.3. The lowest BCUT2D eigenvalue weighted by molar-refractivity contribution is -0.579. The van der Waals surface area contributed by atoms with Crippen LogP contribution in [0.4, 0.5) is 0 Å². The Kier molecular flexibility index (Phi) is 6.70. The van der Waals surface area contributed by atoms with Crippen molar-refractivity contribution in [2.75, 3.05) is 6.61 Å². The number of carboxylic acids is 1. The highest BCUT2D eigenvalue weighted by atomic mass is 17.3. The Bertz CT molecular complexity index is 811. The molecule has 12 nitrogen and oxygen atoms in total. The lowest BCUT2D eigenvalue weighted by Gasteiger charge is -2.61. The van der Waals surface area contributed by atoms with Crippen LogP contribution in [-0.2, 0) is 38.3 Å². The molecule has 0 radical (unpaired) electrons. The second kappa shape index (κ2) is 9.12. The number of rotatable bonds is 5. The van der Waals surface area contributed by atoms with Gasteiger partial charge in [-0.3, -0.25) is 0 Å². The van der Waals surface area contributed by atoms with Crippen molar-refractivity contribution in [1.82, 2.24) is 0 Å². The van der Waals surface area contributed by atoms with Gasteiger partial charge in [0.2, 0.25) is 5.79 Å². The van der Waals surface area contributed by atoms with E-state index in [0.717, 1.165) is 0 Å². The van der Waals surface area contributed by atoms with Crippen LogP contribution in [0.15, 0.2) is 0 Å². The molecule has 6 aliphatic rings. The first-order valence-electron chi connectivity index (χ1n) is 12.4. The number of aliphatic hydroxyl groups is 3. The van der Waals surface area contributed by atoms with Crippen molar-refractivity contribution >= 4 is 5.97 Å². The normalized spacial score (nSPS) is 55.7. The van der Waals surface area contributed by atoms with Crippen LogP contribution in [-0.4, -0.2) is 93.8 Å². The van der Waals surface area contributed by atoms with Crippen molar-refractivity contribution in [2.45, 2.75) is 108 Å². The molecule has 1 spiro atoms. The average molecular weight is 505 g/mol. The van der Waals surface area contributed by atoms with Crippen molar-refractivity contribution in [3.63, 3.8) is 0 Å². The van der Waals surface area contributed by atoms with Crippen molar-refractivity contribution < 1.29 is 58.7 Å². The Balaban J connectivity index is 1.45. The van der Waals surface area contributed by atoms with E-state index in [4.69, 9.17) is 33.5 Å². The van der Waals surface area contributed by atoms with Gasteiger partial charge in [0.15, 0.2) is 30.6 Å². The smallest absolute Gasteiger partial charge is 0.335 e. The van der Waals surface area contributed by atoms with Crippen molar-refractivity contribution in [1.29, 1.82) is 0 Å². The maximum atomic E-state index is 11.5. The molecule has 0 unspecified atom stereocenters. The van der Waals surface area contributed by atoms with Crippen LogP contribution >= 0.6 is 0 Å². The summed E-state index contributed by atoms with van der Waals surface area (Å²) in [6.45, 7) is 8.16. The topological polar surface area (TPSA) is 163 Å². The Labute approximate surface area is 203 Å². The average Bonchev–Trinajstić information content (AvgIpc) is 3.04. The number of ether oxygens (including phenoxy) is 5. The molecule has 1 aliphatic carbocycles. The zero-order chi connectivity index (χ0) is 25.3. The minimum absolute atomic E-state index is 0.114. The van der Waals surface area contributed by atoms with Crippen LogP contribution in [0.25, 0.3) is 0 Å². The summed E-state index contributed by atoms with van der Waals surface area (Å²) < 4.78 is 30.0. The molecule has 35 heavy (non-hydrogen) atoms. The second-order valence-corrected chi connectivity index (χ2v) is 10.7. The number of carbonyl (C=O) groups is 1. The lowest BCUT2D eigenvalue weighted by atomic mass is 9.57. The highest BCUT2D eigenvalue weighted by Gasteiger charge is 2.71. The number of carboxylic acid groups (broad SMARTS) is 1. The Hall–Kier alpha value is -0.930. The van der Waals surface area contributed by atoms with Gasteiger partial charge in [0.25, 0.3) is 0 Å². The van der Waals surface area contributed by atoms with E-state index in [-0.39, 0.29) is 23.7 Å². The van der Waals surface area contributed by atoms with E-state index in [1.54, 1.807) is 0 Å². The van der Waals surface area contributed by atoms with Crippen molar-refractivity contribution in [2.24, 2.45) is 23.7 Å². The molecule has 12 heteroatoms. The standard InChI is InChI=1S/C23H36O12/c1-5-29-19-10(3)12-8-13(30-20-16(26)14(24)15(25)17(31-20)18(27)28)9(2)11-6-7-22(4)33-21(32-19)23(11,12)35-34-22/h9-17,19-21,24-26H,5-8H2,1-4H3,(H,27,28)/t9-,10+,11-,12-,13+,14+,15+,16-,17+,19-,20-,21+,22+,23+/m0/s1. The maximum Gasteiger partial charge on any atom is 0.335 e. The van der Waals surface area contributed by atoms with Gasteiger partial charge in [-0.2, -0.15) is 0 Å². The molecule has 200 valence electrons. The molecule has 5 aliphatic heterocycles. The van der Waals surface area contributed by atoms with Crippen LogP contribution in [0.1, 0.15) is 47.0 Å². The first kappa shape index (κ1) is 25.7. The van der Waals surface area contributed by atoms with Crippen LogP contribution in [0, 0.1) is 23.7 Å². The predicted octanol–water partition coefficient (Wildman–Crippen LogP) is 0.118. The molecule has 0 aromatic rings. The van der Waals surface area contributed by atoms with Gasteiger partial charge in [0.1, 0.15) is 18.3 Å². The van der Waals surface area contributed by atoms with Crippen molar-refractivity contribution in [3.8, 4) is 0 Å². The van der Waals surface area contributed by atoms with Gasteiger partial charge in [-0.05, 0) is 32.6 Å². The summed E-state index contributed by atoms with van der Waals surface area (Å²) in [5, 5.41) is 40.2. The summed E-state index contributed by atoms with van der Waals surface area (Å²) in [5.74, 6) is -2.99. The lowest BCUT2D eigenvalue weighted by Crippen LogP contribution is -2.72. The van der Waals surface area contributed by atoms with Gasteiger partial charge in [-0.25, -0.2) is 14.6 Å². The van der Waals surface area contributed by atoms with Crippen LogP contribution < -0.4 is 0 Å². The molecular weight excluding hydrogens is 468 g/mol. The van der Waals surface area contributed by atoms with Gasteiger partial charge in [0.05, 0.1) is 6.10 Å². The fraction of sp³-hybridized carbons (Fsp3) is 0.957. The summed E-state index contributed by atoms with van der Waals surface area (Å²) in [6.07, 6.45) is -8.31. The number of aliphatic carboxylic acids is 1. The third-order valence-electron chi connectivity index (χ3n) is 8.64. The third-order valence-corrected chi connectivity index (χ3v) is 8.64. The summed E-state index contributed by atoms with van der Waals surface area (Å²) >= 11 is 0. The highest BCUT2D eigenvalue weighted by Crippen LogP contribution is 2.61. The monoisotopic (exact) mass is 504 g/mol. The third kappa shape index (κ3) is 3.94. The Morgan fingerprint density at radius 1 is 1.00 bits per heavy atom. The van der Waals surface area contributed by atoms with E-state index >= 15 is 0 Å². The SMILES string of the molecule is CCO[C@H]1O[C@@H]2O[C@@]3(C)CC[C@H]4[C@H](C)[C@H](O[C@H]5O[C@@H](C(=O)O)[C@H](O)[C@@H](O)[C@@H]5O)C[C@@H]([C@H]1C)[C@@]24OO3. The Morgan fingerprint density at radius 3 is 2.43 bits per heavy atom. The van der Waals surface area contributed by atoms with Gasteiger partial charge in [0, 0.05) is 30.8 Å². The van der Waals surface area contributed by atoms with Gasteiger partial charge in [-0.15, -0.1) is 0 Å². The fourth-order valence-corrected chi connectivity index (χ4v) is 6.68. The molecule has 2 bridgehead atoms. The van der Waals surface area contributed by atoms with Crippen LogP contribution in [0.3, 0.4) is 0 Å². The van der Waals surface area contributed by atoms with E-state index in [2.05, 4.69) is 0 Å². The predicted molar refractivity (Wildman–Crippen MR) is 113 cm³/mol. The van der Waals surface area contributed by atoms with E-state index in [1.807, 2.05) is 27.7 Å². The molecule has 0 aromatic carbocycles. The first-order valence-corrected chi connectivity index (χ1v) is 12.4. The van der Waals surface area contributed by atoms with Crippen molar-refractivity contribution in [3.05, 3.63) is 0 Å². The van der Waals surface area contributed by atoms with Gasteiger partial charge in [-0.1, -0.05) is 13.8 Å². The minimum atomic E-state index is -1.78. The van der Waals surface area contributed by atoms with E-state index in [1.165, 1.54) is 0 Å². The molecule has 4 N–H and O–H groups in total. The molecule has 6 fully saturated rings. The number of hydrogen-bond acceptors (Lipinski definition) is 11. The summed E-state index contributed by atoms with van der Waals surface area (Å²) in [4.78, 5) is 23.5. The van der Waals surface area contributed by atoms with E-state index in [0.29, 0.717) is 25.9 Å². The molecule has 5 heterocycles. The van der Waals surface area contributed by atoms with Crippen LogP contribution in [0.2, 0.25) is 0 Å². The van der Waals surface area contributed by atoms with Crippen LogP contribution in [0.5, 0.6) is 0 Å². The molecule has 0 aromatic heterocycles. The largest absolute Gasteiger partial charge is 0.479 e. The maximum absolute atomic E-state index is 11.5. The highest BCUT2D eigenvalue weighted by molar-refractivity contribution is 5.73. The van der Waals surface area contributed by atoms with E-state index in [9.17, 15) is 25.2 Å². The summed E-state index contributed by atoms with van der Waals surface area (Å²) in [7, 11) is 0. The number of fused-ring (bicyclic) bond motifs is 2. The quantitative estimate of drug-likeness (QED) is 0.375. The van der Waals surface area contributed by atoms with E-state index < -0.39 is 66.7 Å². The number of aliphatic hydroxyl groups excluding tert-OH is 3. The number of hydrogen-bond donors (Lipinski definition) is 4. The van der Waals surface area contributed by atoms with Gasteiger partial charge >= 0.3 is 5.97 Å². The second-order valence-electron chi connectivity index (χ2n) is 10.7. The van der Waals surface area contributed by atoms with Gasteiger partial charge < -0.3 is 44.1 Å². The zero-order valence-electron chi connectivity index (χ0n) is 20.3. The molecule has 0 amide bonds. The molecule has 6 rings (SSSR count). The molecule has 5 saturated heterocycles. The summed E-state index contributed by atoms with van der Waals surface area (Å²) in [6, 6.07) is 0. The minimum Gasteiger partial charge on any atom is -0.479 e. The molecule has 14 atom stereocenters. The fourth-order valence-electron chi connectivity index (χ4n) is 6.68. The Morgan fingerprint density at radius 2 is 1.74 bits per heavy atom.